The van der Waals surface area contributed by atoms with Gasteiger partial charge in [-0.1, -0.05) is 13.8 Å². The summed E-state index contributed by atoms with van der Waals surface area (Å²) in [6.07, 6.45) is 0.222. The van der Waals surface area contributed by atoms with Crippen LogP contribution in [0.15, 0.2) is 0 Å². The van der Waals surface area contributed by atoms with Gasteiger partial charge < -0.3 is 0 Å². The van der Waals surface area contributed by atoms with Gasteiger partial charge in [-0.25, -0.2) is 4.57 Å². The Labute approximate surface area is 89.7 Å². The van der Waals surface area contributed by atoms with E-state index in [-0.39, 0.29) is 24.2 Å². The SMILES string of the molecule is CC(=O)CCOP1(=O)OCC(C)(C)CO1. The topological polar surface area (TPSA) is 61.8 Å². The van der Waals surface area contributed by atoms with Gasteiger partial charge in [0, 0.05) is 11.8 Å². The lowest BCUT2D eigenvalue weighted by molar-refractivity contribution is -0.117. The summed E-state index contributed by atoms with van der Waals surface area (Å²) in [5.74, 6) is -0.0149. The van der Waals surface area contributed by atoms with Crippen molar-refractivity contribution in [3.8, 4) is 0 Å². The first-order valence-corrected chi connectivity index (χ1v) is 6.32. The second-order valence-electron chi connectivity index (χ2n) is 4.44. The van der Waals surface area contributed by atoms with E-state index < -0.39 is 7.82 Å². The average molecular weight is 236 g/mol. The molecule has 1 rings (SSSR count). The number of Topliss-reactive ketones (excluding diaryl/α,β-unsaturated/α-hetero) is 1. The molecule has 1 aliphatic rings. The van der Waals surface area contributed by atoms with Gasteiger partial charge in [0.25, 0.3) is 0 Å². The Morgan fingerprint density at radius 3 is 2.40 bits per heavy atom. The summed E-state index contributed by atoms with van der Waals surface area (Å²) in [6.45, 7) is 6.10. The molecule has 6 heteroatoms. The molecule has 0 aliphatic carbocycles. The van der Waals surface area contributed by atoms with E-state index in [9.17, 15) is 9.36 Å². The molecular formula is C9H17O5P. The second kappa shape index (κ2) is 4.74. The number of phosphoric ester groups is 1. The number of ketones is 1. The van der Waals surface area contributed by atoms with Crippen molar-refractivity contribution in [2.45, 2.75) is 27.2 Å². The quantitative estimate of drug-likeness (QED) is 0.700. The van der Waals surface area contributed by atoms with Crippen molar-refractivity contribution in [3.63, 3.8) is 0 Å². The van der Waals surface area contributed by atoms with Crippen molar-refractivity contribution in [1.29, 1.82) is 0 Å². The normalized spacial score (nSPS) is 23.7. The Morgan fingerprint density at radius 1 is 1.40 bits per heavy atom. The molecule has 0 atom stereocenters. The Morgan fingerprint density at radius 2 is 1.93 bits per heavy atom. The van der Waals surface area contributed by atoms with Gasteiger partial charge in [-0.2, -0.15) is 0 Å². The van der Waals surface area contributed by atoms with Gasteiger partial charge in [-0.3, -0.25) is 18.4 Å². The maximum Gasteiger partial charge on any atom is 0.474 e. The van der Waals surface area contributed by atoms with Gasteiger partial charge in [-0.15, -0.1) is 0 Å². The summed E-state index contributed by atoms with van der Waals surface area (Å²) in [7, 11) is -3.40. The number of carbonyl (C=O) groups is 1. The fraction of sp³-hybridized carbons (Fsp3) is 0.889. The first-order valence-electron chi connectivity index (χ1n) is 4.86. The molecule has 5 nitrogen and oxygen atoms in total. The van der Waals surface area contributed by atoms with E-state index in [1.54, 1.807) is 0 Å². The first kappa shape index (κ1) is 12.8. The highest BCUT2D eigenvalue weighted by atomic mass is 31.2. The van der Waals surface area contributed by atoms with Gasteiger partial charge in [0.2, 0.25) is 0 Å². The predicted octanol–water partition coefficient (Wildman–Crippen LogP) is 2.16. The Balaban J connectivity index is 2.35. The highest BCUT2D eigenvalue weighted by Gasteiger charge is 2.37. The molecule has 0 amide bonds. The van der Waals surface area contributed by atoms with Crippen LogP contribution >= 0.6 is 7.82 Å². The summed E-state index contributed by atoms with van der Waals surface area (Å²) in [5.41, 5.74) is -0.141. The fourth-order valence-corrected chi connectivity index (χ4v) is 2.52. The van der Waals surface area contributed by atoms with E-state index in [1.165, 1.54) is 6.92 Å². The maximum absolute atomic E-state index is 11.7. The monoisotopic (exact) mass is 236 g/mol. The van der Waals surface area contributed by atoms with Crippen molar-refractivity contribution in [3.05, 3.63) is 0 Å². The average Bonchev–Trinajstić information content (AvgIpc) is 2.11. The number of hydrogen-bond donors (Lipinski definition) is 0. The third-order valence-electron chi connectivity index (χ3n) is 1.93. The van der Waals surface area contributed by atoms with Crippen LogP contribution in [0.1, 0.15) is 27.2 Å². The Bertz CT molecular complexity index is 272. The van der Waals surface area contributed by atoms with Gasteiger partial charge in [0.15, 0.2) is 0 Å². The fourth-order valence-electron chi connectivity index (χ4n) is 0.962. The minimum Gasteiger partial charge on any atom is -0.300 e. The summed E-state index contributed by atoms with van der Waals surface area (Å²) in [6, 6.07) is 0. The number of hydrogen-bond acceptors (Lipinski definition) is 5. The highest BCUT2D eigenvalue weighted by molar-refractivity contribution is 7.48. The second-order valence-corrected chi connectivity index (χ2v) is 6.11. The van der Waals surface area contributed by atoms with E-state index in [1.807, 2.05) is 13.8 Å². The zero-order valence-corrected chi connectivity index (χ0v) is 10.2. The van der Waals surface area contributed by atoms with Crippen LogP contribution in [0.25, 0.3) is 0 Å². The molecule has 1 aliphatic heterocycles. The van der Waals surface area contributed by atoms with Crippen LogP contribution in [0.4, 0.5) is 0 Å². The van der Waals surface area contributed by atoms with Crippen molar-refractivity contribution >= 4 is 13.6 Å². The van der Waals surface area contributed by atoms with E-state index in [0.717, 1.165) is 0 Å². The summed E-state index contributed by atoms with van der Waals surface area (Å²) in [4.78, 5) is 10.6. The molecule has 88 valence electrons. The molecule has 0 N–H and O–H groups in total. The molecule has 1 fully saturated rings. The van der Waals surface area contributed by atoms with Gasteiger partial charge in [-0.05, 0) is 6.92 Å². The lowest BCUT2D eigenvalue weighted by Gasteiger charge is -2.32. The summed E-state index contributed by atoms with van der Waals surface area (Å²) >= 11 is 0. The van der Waals surface area contributed by atoms with Gasteiger partial charge >= 0.3 is 7.82 Å². The molecule has 0 aromatic carbocycles. The number of phosphoric acid groups is 1. The first-order chi connectivity index (χ1) is 6.83. The van der Waals surface area contributed by atoms with Crippen LogP contribution in [0.3, 0.4) is 0 Å². The van der Waals surface area contributed by atoms with Crippen LogP contribution in [-0.2, 0) is 22.9 Å². The minimum absolute atomic E-state index is 0.0149. The molecule has 0 radical (unpaired) electrons. The zero-order valence-electron chi connectivity index (χ0n) is 9.32. The smallest absolute Gasteiger partial charge is 0.300 e. The van der Waals surface area contributed by atoms with Crippen LogP contribution < -0.4 is 0 Å². The van der Waals surface area contributed by atoms with E-state index >= 15 is 0 Å². The standard InChI is InChI=1S/C9H17O5P/c1-8(10)4-5-12-15(11)13-6-9(2,3)7-14-15/h4-7H2,1-3H3. The highest BCUT2D eigenvalue weighted by Crippen LogP contribution is 2.54. The van der Waals surface area contributed by atoms with Crippen molar-refractivity contribution in [2.24, 2.45) is 5.41 Å². The van der Waals surface area contributed by atoms with Crippen LogP contribution in [-0.4, -0.2) is 25.6 Å². The molecule has 1 heterocycles. The molecule has 0 saturated carbocycles. The molecule has 1 saturated heterocycles. The lowest BCUT2D eigenvalue weighted by Crippen LogP contribution is -2.29. The van der Waals surface area contributed by atoms with Crippen molar-refractivity contribution in [1.82, 2.24) is 0 Å². The van der Waals surface area contributed by atoms with Crippen LogP contribution in [0.2, 0.25) is 0 Å². The van der Waals surface area contributed by atoms with Gasteiger partial charge in [0.05, 0.1) is 19.8 Å². The van der Waals surface area contributed by atoms with Gasteiger partial charge in [0.1, 0.15) is 5.78 Å². The van der Waals surface area contributed by atoms with Crippen molar-refractivity contribution in [2.75, 3.05) is 19.8 Å². The molecule has 0 aromatic rings. The van der Waals surface area contributed by atoms with Crippen molar-refractivity contribution < 1.29 is 22.9 Å². The Hall–Kier alpha value is -0.220. The van der Waals surface area contributed by atoms with E-state index in [4.69, 9.17) is 13.6 Å². The lowest BCUT2D eigenvalue weighted by atomic mass is 9.97. The van der Waals surface area contributed by atoms with E-state index in [2.05, 4.69) is 0 Å². The third-order valence-corrected chi connectivity index (χ3v) is 3.32. The molecular weight excluding hydrogens is 219 g/mol. The maximum atomic E-state index is 11.7. The third kappa shape index (κ3) is 4.43. The molecule has 15 heavy (non-hydrogen) atoms. The predicted molar refractivity (Wildman–Crippen MR) is 54.5 cm³/mol. The molecule has 0 unspecified atom stereocenters. The van der Waals surface area contributed by atoms with E-state index in [0.29, 0.717) is 13.2 Å². The largest absolute Gasteiger partial charge is 0.474 e. The van der Waals surface area contributed by atoms with Crippen LogP contribution in [0.5, 0.6) is 0 Å². The number of carbonyl (C=O) groups excluding carboxylic acids is 1. The molecule has 0 bridgehead atoms. The van der Waals surface area contributed by atoms with Crippen LogP contribution in [0, 0.1) is 5.41 Å². The molecule has 0 aromatic heterocycles. The summed E-state index contributed by atoms with van der Waals surface area (Å²) < 4.78 is 26.8. The Kier molecular flexibility index (Phi) is 4.06. The molecule has 0 spiro atoms. The zero-order chi connectivity index (χ0) is 11.5. The minimum atomic E-state index is -3.40. The summed E-state index contributed by atoms with van der Waals surface area (Å²) in [5, 5.41) is 0. The number of rotatable bonds is 4.